The highest BCUT2D eigenvalue weighted by Crippen LogP contribution is 2.45. The lowest BCUT2D eigenvalue weighted by atomic mass is 9.84. The molecule has 2 heterocycles. The van der Waals surface area contributed by atoms with E-state index in [0.717, 1.165) is 12.8 Å². The molecule has 24 heavy (non-hydrogen) atoms. The van der Waals surface area contributed by atoms with Crippen LogP contribution in [-0.2, 0) is 4.79 Å². The van der Waals surface area contributed by atoms with E-state index in [2.05, 4.69) is 4.74 Å². The van der Waals surface area contributed by atoms with Crippen molar-refractivity contribution in [3.8, 4) is 11.5 Å². The molecule has 0 bridgehead atoms. The molecule has 132 valence electrons. The van der Waals surface area contributed by atoms with Crippen LogP contribution in [0.25, 0.3) is 0 Å². The molecular formula is C17H21F2NO4. The molecule has 0 radical (unpaired) electrons. The topological polar surface area (TPSA) is 59.0 Å². The van der Waals surface area contributed by atoms with E-state index in [9.17, 15) is 18.7 Å². The van der Waals surface area contributed by atoms with Crippen molar-refractivity contribution in [1.82, 2.24) is 4.90 Å². The van der Waals surface area contributed by atoms with Crippen LogP contribution in [0.1, 0.15) is 44.7 Å². The molecule has 2 aliphatic heterocycles. The van der Waals surface area contributed by atoms with Crippen LogP contribution in [0, 0.1) is 0 Å². The summed E-state index contributed by atoms with van der Waals surface area (Å²) in [6, 6.07) is 3.72. The Kier molecular flexibility index (Phi) is 4.38. The van der Waals surface area contributed by atoms with Gasteiger partial charge in [-0.2, -0.15) is 8.78 Å². The van der Waals surface area contributed by atoms with Crippen LogP contribution in [0.2, 0.25) is 0 Å². The molecule has 0 spiro atoms. The van der Waals surface area contributed by atoms with Gasteiger partial charge >= 0.3 is 6.61 Å². The van der Waals surface area contributed by atoms with Gasteiger partial charge in [-0.1, -0.05) is 0 Å². The molecule has 3 rings (SSSR count). The third-order valence-corrected chi connectivity index (χ3v) is 4.61. The Morgan fingerprint density at radius 1 is 1.38 bits per heavy atom. The molecule has 0 aromatic heterocycles. The van der Waals surface area contributed by atoms with Crippen LogP contribution in [0.4, 0.5) is 8.78 Å². The highest BCUT2D eigenvalue weighted by Gasteiger charge is 2.47. The Morgan fingerprint density at radius 3 is 2.79 bits per heavy atom. The third kappa shape index (κ3) is 3.05. The lowest BCUT2D eigenvalue weighted by Gasteiger charge is -2.47. The normalized spacial score (nSPS) is 26.1. The second-order valence-electron chi connectivity index (χ2n) is 6.72. The first kappa shape index (κ1) is 17.0. The molecule has 2 atom stereocenters. The Labute approximate surface area is 139 Å². The van der Waals surface area contributed by atoms with Gasteiger partial charge in [-0.3, -0.25) is 4.79 Å². The number of fused-ring (bicyclic) bond motifs is 1. The standard InChI is InChI=1S/C17H21F2NO4/c1-17(2)15(22)14(20-8-4-3-5-13(20)21)11-9-10(23-16(18)19)6-7-12(11)24-17/h6-7,9,14-16,22H,3-5,8H2,1-2H3/t14-,15+/m0/s1. The fourth-order valence-corrected chi connectivity index (χ4v) is 3.38. The Hall–Kier alpha value is -1.89. The molecule has 0 saturated carbocycles. The summed E-state index contributed by atoms with van der Waals surface area (Å²) in [5.74, 6) is 0.401. The zero-order chi connectivity index (χ0) is 17.5. The van der Waals surface area contributed by atoms with Gasteiger partial charge in [-0.15, -0.1) is 0 Å². The molecule has 1 aromatic rings. The van der Waals surface area contributed by atoms with Gasteiger partial charge in [0.2, 0.25) is 5.91 Å². The lowest BCUT2D eigenvalue weighted by molar-refractivity contribution is -0.147. The maximum Gasteiger partial charge on any atom is 0.387 e. The van der Waals surface area contributed by atoms with E-state index >= 15 is 0 Å². The van der Waals surface area contributed by atoms with E-state index in [-0.39, 0.29) is 11.7 Å². The number of amides is 1. The van der Waals surface area contributed by atoms with E-state index in [1.54, 1.807) is 24.8 Å². The van der Waals surface area contributed by atoms with Gasteiger partial charge in [-0.05, 0) is 44.9 Å². The number of ether oxygens (including phenoxy) is 2. The molecule has 0 aliphatic carbocycles. The maximum absolute atomic E-state index is 12.5. The number of carbonyl (C=O) groups excluding carboxylic acids is 1. The van der Waals surface area contributed by atoms with Crippen molar-refractivity contribution in [2.24, 2.45) is 0 Å². The number of rotatable bonds is 3. The summed E-state index contributed by atoms with van der Waals surface area (Å²) >= 11 is 0. The van der Waals surface area contributed by atoms with Crippen LogP contribution in [0.3, 0.4) is 0 Å². The zero-order valence-electron chi connectivity index (χ0n) is 13.7. The molecule has 1 saturated heterocycles. The van der Waals surface area contributed by atoms with Gasteiger partial charge in [0.15, 0.2) is 0 Å². The molecule has 1 aromatic carbocycles. The van der Waals surface area contributed by atoms with Gasteiger partial charge in [-0.25, -0.2) is 0 Å². The minimum Gasteiger partial charge on any atom is -0.485 e. The first-order valence-corrected chi connectivity index (χ1v) is 8.05. The fraction of sp³-hybridized carbons (Fsp3) is 0.588. The van der Waals surface area contributed by atoms with Crippen LogP contribution >= 0.6 is 0 Å². The van der Waals surface area contributed by atoms with E-state index in [1.165, 1.54) is 12.1 Å². The van der Waals surface area contributed by atoms with Gasteiger partial charge in [0, 0.05) is 18.5 Å². The zero-order valence-corrected chi connectivity index (χ0v) is 13.7. The number of halogens is 2. The van der Waals surface area contributed by atoms with Gasteiger partial charge in [0.1, 0.15) is 23.2 Å². The van der Waals surface area contributed by atoms with Gasteiger partial charge in [0.25, 0.3) is 0 Å². The average molecular weight is 341 g/mol. The number of hydrogen-bond donors (Lipinski definition) is 1. The van der Waals surface area contributed by atoms with Crippen molar-refractivity contribution >= 4 is 5.91 Å². The van der Waals surface area contributed by atoms with Crippen LogP contribution in [0.5, 0.6) is 11.5 Å². The lowest BCUT2D eigenvalue weighted by Crippen LogP contribution is -2.55. The third-order valence-electron chi connectivity index (χ3n) is 4.61. The number of nitrogens with zero attached hydrogens (tertiary/aromatic N) is 1. The van der Waals surface area contributed by atoms with E-state index in [1.807, 2.05) is 0 Å². The van der Waals surface area contributed by atoms with E-state index < -0.39 is 24.4 Å². The van der Waals surface area contributed by atoms with Crippen LogP contribution < -0.4 is 9.47 Å². The van der Waals surface area contributed by atoms with Crippen molar-refractivity contribution in [1.29, 1.82) is 0 Å². The predicted octanol–water partition coefficient (Wildman–Crippen LogP) is 2.87. The summed E-state index contributed by atoms with van der Waals surface area (Å²) in [7, 11) is 0. The van der Waals surface area contributed by atoms with Gasteiger partial charge in [0.05, 0.1) is 6.04 Å². The van der Waals surface area contributed by atoms with Gasteiger partial charge < -0.3 is 19.5 Å². The van der Waals surface area contributed by atoms with Crippen molar-refractivity contribution in [2.75, 3.05) is 6.54 Å². The number of hydrogen-bond acceptors (Lipinski definition) is 4. The number of aliphatic hydroxyl groups excluding tert-OH is 1. The number of likely N-dealkylation sites (tertiary alicyclic amines) is 1. The summed E-state index contributed by atoms with van der Waals surface area (Å²) in [4.78, 5) is 14.0. The molecule has 1 amide bonds. The number of benzene rings is 1. The first-order valence-electron chi connectivity index (χ1n) is 8.05. The average Bonchev–Trinajstić information content (AvgIpc) is 2.50. The highest BCUT2D eigenvalue weighted by molar-refractivity contribution is 5.77. The number of alkyl halides is 2. The van der Waals surface area contributed by atoms with Crippen molar-refractivity contribution < 1.29 is 28.2 Å². The number of carbonyl (C=O) groups is 1. The van der Waals surface area contributed by atoms with Crippen molar-refractivity contribution in [3.05, 3.63) is 23.8 Å². The van der Waals surface area contributed by atoms with E-state index in [0.29, 0.717) is 24.3 Å². The smallest absolute Gasteiger partial charge is 0.387 e. The molecule has 5 nitrogen and oxygen atoms in total. The summed E-state index contributed by atoms with van der Waals surface area (Å²) in [5.41, 5.74) is -0.407. The first-order chi connectivity index (χ1) is 11.3. The monoisotopic (exact) mass is 341 g/mol. The molecule has 0 unspecified atom stereocenters. The summed E-state index contributed by atoms with van der Waals surface area (Å²) in [6.45, 7) is 1.07. The molecule has 1 N–H and O–H groups in total. The van der Waals surface area contributed by atoms with Crippen LogP contribution in [-0.4, -0.2) is 40.8 Å². The Bertz CT molecular complexity index is 635. The second-order valence-corrected chi connectivity index (χ2v) is 6.72. The SMILES string of the molecule is CC1(C)Oc2ccc(OC(F)F)cc2[C@H](N2CCCCC2=O)[C@H]1O. The Balaban J connectivity index is 2.04. The van der Waals surface area contributed by atoms with Crippen LogP contribution in [0.15, 0.2) is 18.2 Å². The van der Waals surface area contributed by atoms with Crippen molar-refractivity contribution in [3.63, 3.8) is 0 Å². The quantitative estimate of drug-likeness (QED) is 0.918. The minimum atomic E-state index is -2.94. The van der Waals surface area contributed by atoms with E-state index in [4.69, 9.17) is 4.74 Å². The largest absolute Gasteiger partial charge is 0.485 e. The fourth-order valence-electron chi connectivity index (χ4n) is 3.38. The summed E-state index contributed by atoms with van der Waals surface area (Å²) < 4.78 is 35.3. The molecule has 1 fully saturated rings. The molecule has 2 aliphatic rings. The highest BCUT2D eigenvalue weighted by atomic mass is 19.3. The molecule has 7 heteroatoms. The van der Waals surface area contributed by atoms with Crippen molar-refractivity contribution in [2.45, 2.75) is 57.5 Å². The maximum atomic E-state index is 12.5. The number of piperidine rings is 1. The summed E-state index contributed by atoms with van der Waals surface area (Å²) in [6.07, 6.45) is 1.11. The number of aliphatic hydroxyl groups is 1. The minimum absolute atomic E-state index is 0.0197. The Morgan fingerprint density at radius 2 is 2.12 bits per heavy atom. The predicted molar refractivity (Wildman–Crippen MR) is 82.1 cm³/mol. The second kappa shape index (κ2) is 6.20. The molecular weight excluding hydrogens is 320 g/mol. The summed E-state index contributed by atoms with van der Waals surface area (Å²) in [5, 5.41) is 10.8.